The molecule has 1 saturated heterocycles. The fourth-order valence-electron chi connectivity index (χ4n) is 5.24. The molecule has 2 aromatic rings. The first kappa shape index (κ1) is 24.9. The van der Waals surface area contributed by atoms with Crippen molar-refractivity contribution in [2.24, 2.45) is 5.92 Å². The number of nitrogens with zero attached hydrogens (tertiary/aromatic N) is 2. The second-order valence-corrected chi connectivity index (χ2v) is 9.83. The Balaban J connectivity index is 1.66. The number of methoxy groups -OCH3 is 2. The first-order chi connectivity index (χ1) is 16.9. The monoisotopic (exact) mass is 479 g/mol. The Morgan fingerprint density at radius 3 is 2.29 bits per heavy atom. The highest BCUT2D eigenvalue weighted by Crippen LogP contribution is 2.41. The molecule has 3 amide bonds. The van der Waals surface area contributed by atoms with E-state index in [4.69, 9.17) is 9.47 Å². The third kappa shape index (κ3) is 5.39. The van der Waals surface area contributed by atoms with E-state index in [1.54, 1.807) is 14.2 Å². The van der Waals surface area contributed by atoms with Crippen LogP contribution < -0.4 is 14.8 Å². The highest BCUT2D eigenvalue weighted by molar-refractivity contribution is 5.87. The first-order valence-corrected chi connectivity index (χ1v) is 12.6. The summed E-state index contributed by atoms with van der Waals surface area (Å²) in [6, 6.07) is 13.0. The fourth-order valence-corrected chi connectivity index (χ4v) is 5.24. The Morgan fingerprint density at radius 2 is 1.66 bits per heavy atom. The van der Waals surface area contributed by atoms with Gasteiger partial charge < -0.3 is 24.6 Å². The predicted molar refractivity (Wildman–Crippen MR) is 136 cm³/mol. The summed E-state index contributed by atoms with van der Waals surface area (Å²) in [5.41, 5.74) is 3.16. The number of amides is 3. The maximum Gasteiger partial charge on any atom is 0.318 e. The van der Waals surface area contributed by atoms with Gasteiger partial charge in [0.1, 0.15) is 6.04 Å². The third-order valence-corrected chi connectivity index (χ3v) is 6.97. The number of nitrogens with one attached hydrogen (secondary N) is 1. The zero-order valence-electron chi connectivity index (χ0n) is 21.3. The van der Waals surface area contributed by atoms with Crippen LogP contribution in [0, 0.1) is 5.92 Å². The summed E-state index contributed by atoms with van der Waals surface area (Å²) in [5, 5.41) is 3.12. The van der Waals surface area contributed by atoms with Crippen LogP contribution in [0.15, 0.2) is 42.5 Å². The van der Waals surface area contributed by atoms with Crippen molar-refractivity contribution in [2.75, 3.05) is 33.9 Å². The Kier molecular flexibility index (Phi) is 7.83. The van der Waals surface area contributed by atoms with E-state index in [1.165, 1.54) is 0 Å². The Hall–Kier alpha value is -3.22. The van der Waals surface area contributed by atoms with Crippen LogP contribution in [0.3, 0.4) is 0 Å². The average molecular weight is 480 g/mol. The van der Waals surface area contributed by atoms with Crippen LogP contribution in [-0.2, 0) is 11.2 Å². The summed E-state index contributed by atoms with van der Waals surface area (Å²) < 4.78 is 11.1. The average Bonchev–Trinajstić information content (AvgIpc) is 3.41. The Bertz CT molecular complexity index is 1030. The number of rotatable bonds is 7. The van der Waals surface area contributed by atoms with E-state index < -0.39 is 6.04 Å². The van der Waals surface area contributed by atoms with Gasteiger partial charge in [-0.1, -0.05) is 44.2 Å². The van der Waals surface area contributed by atoms with Crippen molar-refractivity contribution >= 4 is 11.9 Å². The van der Waals surface area contributed by atoms with Crippen molar-refractivity contribution in [3.05, 3.63) is 59.2 Å². The van der Waals surface area contributed by atoms with Gasteiger partial charge in [0.25, 0.3) is 0 Å². The Labute approximate surface area is 208 Å². The van der Waals surface area contributed by atoms with Gasteiger partial charge in [0.2, 0.25) is 5.91 Å². The molecule has 0 aromatic heterocycles. The molecule has 2 aliphatic heterocycles. The standard InChI is InChI=1S/C28H37N3O4/c1-19(2)16-23(27(32)30-13-8-9-14-30)29-28(33)31-15-12-21-17-24(34-3)25(35-4)18-22(21)26(31)20-10-6-5-7-11-20/h5-7,10-11,17-19,23,26H,8-9,12-16H2,1-4H3,(H,29,33)/t23-,26-/m1/s1. The second kappa shape index (κ2) is 11.0. The van der Waals surface area contributed by atoms with Crippen molar-refractivity contribution < 1.29 is 19.1 Å². The van der Waals surface area contributed by atoms with Gasteiger partial charge in [0.05, 0.1) is 20.3 Å². The number of fused-ring (bicyclic) bond motifs is 1. The number of urea groups is 1. The highest BCUT2D eigenvalue weighted by atomic mass is 16.5. The molecule has 0 saturated carbocycles. The van der Waals surface area contributed by atoms with Crippen molar-refractivity contribution in [3.63, 3.8) is 0 Å². The van der Waals surface area contributed by atoms with E-state index in [0.717, 1.165) is 42.6 Å². The van der Waals surface area contributed by atoms with E-state index in [9.17, 15) is 9.59 Å². The number of carbonyl (C=O) groups excluding carboxylic acids is 2. The molecule has 1 N–H and O–H groups in total. The second-order valence-electron chi connectivity index (χ2n) is 9.83. The lowest BCUT2D eigenvalue weighted by atomic mass is 9.88. The molecule has 0 unspecified atom stereocenters. The summed E-state index contributed by atoms with van der Waals surface area (Å²) in [7, 11) is 3.25. The number of hydrogen-bond donors (Lipinski definition) is 1. The van der Waals surface area contributed by atoms with Gasteiger partial charge in [-0.25, -0.2) is 4.79 Å². The number of benzene rings is 2. The lowest BCUT2D eigenvalue weighted by Gasteiger charge is -2.39. The summed E-state index contributed by atoms with van der Waals surface area (Å²) in [6.07, 6.45) is 3.37. The first-order valence-electron chi connectivity index (χ1n) is 12.6. The highest BCUT2D eigenvalue weighted by Gasteiger charge is 2.36. The SMILES string of the molecule is COc1cc2c(cc1OC)[C@@H](c1ccccc1)N(C(=O)N[C@H](CC(C)C)C(=O)N1CCCC1)CC2. The maximum atomic E-state index is 13.8. The molecule has 1 fully saturated rings. The number of carbonyl (C=O) groups is 2. The number of hydrogen-bond acceptors (Lipinski definition) is 4. The van der Waals surface area contributed by atoms with Gasteiger partial charge >= 0.3 is 6.03 Å². The molecule has 0 aliphatic carbocycles. The topological polar surface area (TPSA) is 71.1 Å². The summed E-state index contributed by atoms with van der Waals surface area (Å²) in [5.74, 6) is 1.64. The fraction of sp³-hybridized carbons (Fsp3) is 0.500. The van der Waals surface area contributed by atoms with Crippen LogP contribution >= 0.6 is 0 Å². The lowest BCUT2D eigenvalue weighted by molar-refractivity contribution is -0.132. The third-order valence-electron chi connectivity index (χ3n) is 6.97. The summed E-state index contributed by atoms with van der Waals surface area (Å²) >= 11 is 0. The number of ether oxygens (including phenoxy) is 2. The largest absolute Gasteiger partial charge is 0.493 e. The quantitative estimate of drug-likeness (QED) is 0.639. The van der Waals surface area contributed by atoms with Gasteiger partial charge in [-0.3, -0.25) is 4.79 Å². The minimum atomic E-state index is -0.524. The lowest BCUT2D eigenvalue weighted by Crippen LogP contribution is -2.54. The molecule has 0 radical (unpaired) electrons. The van der Waals surface area contributed by atoms with Crippen LogP contribution in [0.5, 0.6) is 11.5 Å². The van der Waals surface area contributed by atoms with Gasteiger partial charge in [0.15, 0.2) is 11.5 Å². The maximum absolute atomic E-state index is 13.8. The zero-order chi connectivity index (χ0) is 24.9. The normalized spacial score (nSPS) is 18.3. The molecule has 2 atom stereocenters. The van der Waals surface area contributed by atoms with Crippen LogP contribution in [0.4, 0.5) is 4.79 Å². The smallest absolute Gasteiger partial charge is 0.318 e. The van der Waals surface area contributed by atoms with Crippen LogP contribution in [0.1, 0.15) is 55.8 Å². The van der Waals surface area contributed by atoms with E-state index in [0.29, 0.717) is 30.9 Å². The molecular weight excluding hydrogens is 442 g/mol. The molecule has 0 bridgehead atoms. The van der Waals surface area contributed by atoms with Crippen LogP contribution in [-0.4, -0.2) is 61.6 Å². The molecule has 35 heavy (non-hydrogen) atoms. The van der Waals surface area contributed by atoms with Crippen molar-refractivity contribution in [1.29, 1.82) is 0 Å². The van der Waals surface area contributed by atoms with Crippen molar-refractivity contribution in [2.45, 2.75) is 51.6 Å². The zero-order valence-corrected chi connectivity index (χ0v) is 21.3. The van der Waals surface area contributed by atoms with Gasteiger partial charge in [0, 0.05) is 19.6 Å². The molecule has 4 rings (SSSR count). The molecule has 2 heterocycles. The molecule has 2 aliphatic rings. The van der Waals surface area contributed by atoms with E-state index in [2.05, 4.69) is 19.2 Å². The minimum absolute atomic E-state index is 0.0321. The van der Waals surface area contributed by atoms with Crippen molar-refractivity contribution in [3.8, 4) is 11.5 Å². The van der Waals surface area contributed by atoms with Gasteiger partial charge in [-0.15, -0.1) is 0 Å². The van der Waals surface area contributed by atoms with Gasteiger partial charge in [-0.05, 0) is 60.4 Å². The molecule has 0 spiro atoms. The molecular formula is C28H37N3O4. The van der Waals surface area contributed by atoms with Gasteiger partial charge in [-0.2, -0.15) is 0 Å². The minimum Gasteiger partial charge on any atom is -0.493 e. The van der Waals surface area contributed by atoms with E-state index in [1.807, 2.05) is 52.3 Å². The van der Waals surface area contributed by atoms with E-state index >= 15 is 0 Å². The molecule has 2 aromatic carbocycles. The van der Waals surface area contributed by atoms with Crippen LogP contribution in [0.2, 0.25) is 0 Å². The van der Waals surface area contributed by atoms with E-state index in [-0.39, 0.29) is 23.9 Å². The Morgan fingerprint density at radius 1 is 1.00 bits per heavy atom. The molecule has 188 valence electrons. The predicted octanol–water partition coefficient (Wildman–Crippen LogP) is 4.40. The molecule has 7 nitrogen and oxygen atoms in total. The summed E-state index contributed by atoms with van der Waals surface area (Å²) in [6.45, 7) is 6.25. The summed E-state index contributed by atoms with van der Waals surface area (Å²) in [4.78, 5) is 30.8. The van der Waals surface area contributed by atoms with Crippen LogP contribution in [0.25, 0.3) is 0 Å². The molecule has 7 heteroatoms. The van der Waals surface area contributed by atoms with Crippen molar-refractivity contribution in [1.82, 2.24) is 15.1 Å². The number of likely N-dealkylation sites (tertiary alicyclic amines) is 1.